The van der Waals surface area contributed by atoms with E-state index >= 15 is 0 Å². The second kappa shape index (κ2) is 13.6. The molecule has 4 aromatic carbocycles. The predicted octanol–water partition coefficient (Wildman–Crippen LogP) is 5.18. The van der Waals surface area contributed by atoms with Gasteiger partial charge >= 0.3 is 11.9 Å². The minimum absolute atomic E-state index is 0.0197. The molecule has 4 aromatic rings. The summed E-state index contributed by atoms with van der Waals surface area (Å²) in [6, 6.07) is 35.8. The summed E-state index contributed by atoms with van der Waals surface area (Å²) in [7, 11) is 0. The molecule has 0 aromatic heterocycles. The number of hydrogen-bond acceptors (Lipinski definition) is 5. The molecule has 0 spiro atoms. The number of hydrogen-bond donors (Lipinski definition) is 1. The van der Waals surface area contributed by atoms with Crippen molar-refractivity contribution in [3.63, 3.8) is 0 Å². The van der Waals surface area contributed by atoms with E-state index in [1.165, 1.54) is 0 Å². The molecule has 0 aliphatic rings. The number of carbonyl (C=O) groups excluding carboxylic acids is 3. The molecule has 6 heteroatoms. The first-order chi connectivity index (χ1) is 18.6. The van der Waals surface area contributed by atoms with E-state index in [2.05, 4.69) is 5.32 Å². The van der Waals surface area contributed by atoms with Crippen molar-refractivity contribution in [1.29, 1.82) is 0 Å². The normalized spacial score (nSPS) is 11.4. The molecule has 38 heavy (non-hydrogen) atoms. The van der Waals surface area contributed by atoms with Crippen molar-refractivity contribution in [1.82, 2.24) is 5.32 Å². The van der Waals surface area contributed by atoms with Crippen molar-refractivity contribution in [3.8, 4) is 0 Å². The molecule has 1 N–H and O–H groups in total. The molecule has 0 aliphatic heterocycles. The lowest BCUT2D eigenvalue weighted by Gasteiger charge is -2.22. The highest BCUT2D eigenvalue weighted by molar-refractivity contribution is 5.92. The van der Waals surface area contributed by atoms with Crippen LogP contribution >= 0.6 is 0 Å². The highest BCUT2D eigenvalue weighted by Gasteiger charge is 2.31. The van der Waals surface area contributed by atoms with Gasteiger partial charge in [0.05, 0.1) is 12.3 Å². The van der Waals surface area contributed by atoms with E-state index in [0.717, 1.165) is 22.3 Å². The Kier molecular flexibility index (Phi) is 9.40. The molecule has 192 valence electrons. The van der Waals surface area contributed by atoms with Crippen LogP contribution in [0.15, 0.2) is 121 Å². The third-order valence-corrected chi connectivity index (χ3v) is 5.97. The van der Waals surface area contributed by atoms with E-state index in [0.29, 0.717) is 0 Å². The van der Waals surface area contributed by atoms with E-state index < -0.39 is 29.8 Å². The zero-order chi connectivity index (χ0) is 26.6. The van der Waals surface area contributed by atoms with Crippen LogP contribution in [0.5, 0.6) is 0 Å². The van der Waals surface area contributed by atoms with Gasteiger partial charge in [-0.1, -0.05) is 121 Å². The number of esters is 2. The zero-order valence-corrected chi connectivity index (χ0v) is 20.9. The second-order valence-corrected chi connectivity index (χ2v) is 8.76. The Morgan fingerprint density at radius 2 is 1.00 bits per heavy atom. The minimum Gasteiger partial charge on any atom is -0.461 e. The van der Waals surface area contributed by atoms with Crippen molar-refractivity contribution in [2.45, 2.75) is 31.6 Å². The first-order valence-electron chi connectivity index (χ1n) is 12.4. The van der Waals surface area contributed by atoms with Crippen molar-refractivity contribution in [3.05, 3.63) is 144 Å². The molecule has 4 rings (SSSR count). The van der Waals surface area contributed by atoms with Gasteiger partial charge in [0.1, 0.15) is 19.3 Å². The predicted molar refractivity (Wildman–Crippen MR) is 144 cm³/mol. The van der Waals surface area contributed by atoms with Gasteiger partial charge in [-0.05, 0) is 22.3 Å². The number of amides is 1. The molecule has 0 unspecified atom stereocenters. The molecule has 0 bridgehead atoms. The van der Waals surface area contributed by atoms with Crippen LogP contribution in [0.3, 0.4) is 0 Å². The maximum Gasteiger partial charge on any atom is 0.329 e. The molecule has 0 fully saturated rings. The number of rotatable bonds is 11. The number of nitrogens with one attached hydrogen (secondary N) is 1. The highest BCUT2D eigenvalue weighted by atomic mass is 16.5. The third kappa shape index (κ3) is 7.64. The summed E-state index contributed by atoms with van der Waals surface area (Å²) in [4.78, 5) is 39.5. The largest absolute Gasteiger partial charge is 0.461 e. The van der Waals surface area contributed by atoms with Crippen molar-refractivity contribution in [2.75, 3.05) is 0 Å². The fourth-order valence-corrected chi connectivity index (χ4v) is 4.03. The van der Waals surface area contributed by atoms with Crippen molar-refractivity contribution >= 4 is 17.8 Å². The molecule has 0 radical (unpaired) electrons. The van der Waals surface area contributed by atoms with E-state index in [1.54, 1.807) is 0 Å². The third-order valence-electron chi connectivity index (χ3n) is 5.97. The zero-order valence-electron chi connectivity index (χ0n) is 20.9. The fourth-order valence-electron chi connectivity index (χ4n) is 4.03. The van der Waals surface area contributed by atoms with Gasteiger partial charge in [-0.3, -0.25) is 9.59 Å². The highest BCUT2D eigenvalue weighted by Crippen LogP contribution is 2.25. The van der Waals surface area contributed by atoms with Crippen LogP contribution in [0.2, 0.25) is 0 Å². The first kappa shape index (κ1) is 26.4. The van der Waals surface area contributed by atoms with E-state index in [4.69, 9.17) is 9.47 Å². The molecule has 0 heterocycles. The summed E-state index contributed by atoms with van der Waals surface area (Å²) in [5, 5.41) is 2.76. The lowest BCUT2D eigenvalue weighted by molar-refractivity contribution is -0.155. The molecule has 0 saturated carbocycles. The maximum absolute atomic E-state index is 13.6. The van der Waals surface area contributed by atoms with Crippen LogP contribution < -0.4 is 5.32 Å². The second-order valence-electron chi connectivity index (χ2n) is 8.76. The minimum atomic E-state index is -1.22. The smallest absolute Gasteiger partial charge is 0.329 e. The van der Waals surface area contributed by atoms with Gasteiger partial charge in [-0.2, -0.15) is 0 Å². The molecule has 0 saturated heterocycles. The Hall–Kier alpha value is -4.71. The fraction of sp³-hybridized carbons (Fsp3) is 0.156. The van der Waals surface area contributed by atoms with Crippen LogP contribution in [-0.2, 0) is 37.1 Å². The van der Waals surface area contributed by atoms with Crippen molar-refractivity contribution < 1.29 is 23.9 Å². The molecular formula is C32H29NO5. The van der Waals surface area contributed by atoms with E-state index in [-0.39, 0.29) is 19.6 Å². The van der Waals surface area contributed by atoms with Gasteiger partial charge < -0.3 is 14.8 Å². The van der Waals surface area contributed by atoms with Gasteiger partial charge in [-0.15, -0.1) is 0 Å². The van der Waals surface area contributed by atoms with Gasteiger partial charge in [-0.25, -0.2) is 4.79 Å². The Bertz CT molecular complexity index is 1270. The molecule has 1 atom stereocenters. The maximum atomic E-state index is 13.6. The first-order valence-corrected chi connectivity index (χ1v) is 12.4. The summed E-state index contributed by atoms with van der Waals surface area (Å²) in [6.07, 6.45) is -0.359. The van der Waals surface area contributed by atoms with Gasteiger partial charge in [0.2, 0.25) is 5.91 Å². The van der Waals surface area contributed by atoms with Crippen LogP contribution in [0.1, 0.15) is 34.6 Å². The topological polar surface area (TPSA) is 81.7 Å². The van der Waals surface area contributed by atoms with Gasteiger partial charge in [0.25, 0.3) is 0 Å². The molecule has 0 aliphatic carbocycles. The Morgan fingerprint density at radius 3 is 1.47 bits per heavy atom. The standard InChI is InChI=1S/C32H29NO5/c34-29(37-22-24-13-5-1-6-14-24)21-28(32(36)38-23-25-15-7-2-8-16-25)33-31(35)30(26-17-9-3-10-18-26)27-19-11-4-12-20-27/h1-20,28,30H,21-23H2,(H,33,35)/t28-/m0/s1. The lowest BCUT2D eigenvalue weighted by atomic mass is 9.90. The monoisotopic (exact) mass is 507 g/mol. The van der Waals surface area contributed by atoms with Crippen LogP contribution in [0.25, 0.3) is 0 Å². The van der Waals surface area contributed by atoms with Gasteiger partial charge in [0, 0.05) is 0 Å². The summed E-state index contributed by atoms with van der Waals surface area (Å²) in [5.74, 6) is -2.42. The summed E-state index contributed by atoms with van der Waals surface area (Å²) in [5.41, 5.74) is 3.14. The van der Waals surface area contributed by atoms with Crippen LogP contribution in [-0.4, -0.2) is 23.9 Å². The Labute approximate surface area is 222 Å². The Balaban J connectivity index is 1.51. The van der Waals surface area contributed by atoms with Crippen LogP contribution in [0.4, 0.5) is 0 Å². The summed E-state index contributed by atoms with van der Waals surface area (Å²) < 4.78 is 10.9. The van der Waals surface area contributed by atoms with Crippen molar-refractivity contribution in [2.24, 2.45) is 0 Å². The quantitative estimate of drug-likeness (QED) is 0.283. The van der Waals surface area contributed by atoms with Crippen LogP contribution in [0, 0.1) is 0 Å². The SMILES string of the molecule is O=C(C[C@H](NC(=O)C(c1ccccc1)c1ccccc1)C(=O)OCc1ccccc1)OCc1ccccc1. The molecule has 1 amide bonds. The average molecular weight is 508 g/mol. The molecule has 6 nitrogen and oxygen atoms in total. The van der Waals surface area contributed by atoms with E-state index in [1.807, 2.05) is 121 Å². The average Bonchev–Trinajstić information content (AvgIpc) is 2.97. The summed E-state index contributed by atoms with van der Waals surface area (Å²) in [6.45, 7) is 0.0853. The lowest BCUT2D eigenvalue weighted by Crippen LogP contribution is -2.45. The van der Waals surface area contributed by atoms with E-state index in [9.17, 15) is 14.4 Å². The molecular weight excluding hydrogens is 478 g/mol. The Morgan fingerprint density at radius 1 is 0.579 bits per heavy atom. The number of benzene rings is 4. The number of carbonyl (C=O) groups is 3. The summed E-state index contributed by atoms with van der Waals surface area (Å²) >= 11 is 0. The number of ether oxygens (including phenoxy) is 2. The van der Waals surface area contributed by atoms with Gasteiger partial charge in [0.15, 0.2) is 0 Å².